The van der Waals surface area contributed by atoms with E-state index in [4.69, 9.17) is 4.42 Å². The first kappa shape index (κ1) is 16.7. The summed E-state index contributed by atoms with van der Waals surface area (Å²) in [6, 6.07) is 9.23. The number of benzene rings is 1. The third-order valence-electron chi connectivity index (χ3n) is 3.05. The van der Waals surface area contributed by atoms with Gasteiger partial charge in [-0.1, -0.05) is 23.9 Å². The summed E-state index contributed by atoms with van der Waals surface area (Å²) in [5.41, 5.74) is 1.22. The van der Waals surface area contributed by atoms with E-state index in [1.54, 1.807) is 24.5 Å². The van der Waals surface area contributed by atoms with Crippen molar-refractivity contribution in [1.82, 2.24) is 15.2 Å². The molecule has 1 N–H and O–H groups in total. The fraction of sp³-hybridized carbons (Fsp3) is 0.0625. The molecule has 9 heteroatoms. The summed E-state index contributed by atoms with van der Waals surface area (Å²) in [4.78, 5) is 26.6. The normalized spacial score (nSPS) is 10.4. The number of carboxylic acids is 1. The SMILES string of the molecule is O=C(CSc1nnc(-c2cccnc2)o1)Nc1ccc(C(=O)[O-])cc1. The van der Waals surface area contributed by atoms with E-state index >= 15 is 0 Å². The molecule has 2 aromatic heterocycles. The minimum absolute atomic E-state index is 0.0427. The maximum atomic E-state index is 11.9. The maximum Gasteiger partial charge on any atom is 0.277 e. The Morgan fingerprint density at radius 1 is 1.16 bits per heavy atom. The molecule has 0 saturated carbocycles. The van der Waals surface area contributed by atoms with E-state index in [9.17, 15) is 14.7 Å². The molecule has 0 saturated heterocycles. The van der Waals surface area contributed by atoms with Gasteiger partial charge in [0.2, 0.25) is 11.8 Å². The van der Waals surface area contributed by atoms with Crippen LogP contribution in [0.3, 0.4) is 0 Å². The van der Waals surface area contributed by atoms with Crippen LogP contribution in [-0.4, -0.2) is 32.8 Å². The Labute approximate surface area is 146 Å². The average molecular weight is 355 g/mol. The fourth-order valence-corrected chi connectivity index (χ4v) is 2.45. The molecule has 2 heterocycles. The lowest BCUT2D eigenvalue weighted by atomic mass is 10.2. The number of amides is 1. The zero-order valence-corrected chi connectivity index (χ0v) is 13.5. The van der Waals surface area contributed by atoms with Gasteiger partial charge in [-0.25, -0.2) is 0 Å². The van der Waals surface area contributed by atoms with Gasteiger partial charge < -0.3 is 19.6 Å². The van der Waals surface area contributed by atoms with Crippen molar-refractivity contribution in [2.45, 2.75) is 5.22 Å². The minimum atomic E-state index is -1.27. The number of carboxylic acid groups (broad SMARTS) is 1. The smallest absolute Gasteiger partial charge is 0.277 e. The summed E-state index contributed by atoms with van der Waals surface area (Å²) in [5, 5.41) is 21.4. The highest BCUT2D eigenvalue weighted by atomic mass is 32.2. The van der Waals surface area contributed by atoms with Gasteiger partial charge in [0.15, 0.2) is 0 Å². The number of carbonyl (C=O) groups is 2. The highest BCUT2D eigenvalue weighted by Gasteiger charge is 2.11. The van der Waals surface area contributed by atoms with E-state index in [2.05, 4.69) is 20.5 Å². The summed E-state index contributed by atoms with van der Waals surface area (Å²) >= 11 is 1.09. The number of hydrogen-bond donors (Lipinski definition) is 1. The predicted octanol–water partition coefficient (Wildman–Crippen LogP) is 1.23. The van der Waals surface area contributed by atoms with E-state index in [-0.39, 0.29) is 22.4 Å². The number of nitrogens with zero attached hydrogens (tertiary/aromatic N) is 3. The summed E-state index contributed by atoms with van der Waals surface area (Å²) < 4.78 is 5.46. The lowest BCUT2D eigenvalue weighted by molar-refractivity contribution is -0.255. The molecule has 0 radical (unpaired) electrons. The number of aromatic nitrogens is 3. The average Bonchev–Trinajstić information content (AvgIpc) is 3.10. The standard InChI is InChI=1S/C16H12N4O4S/c21-13(18-12-5-3-10(4-6-12)15(22)23)9-25-16-20-19-14(24-16)11-2-1-7-17-8-11/h1-8H,9H2,(H,18,21)(H,22,23)/p-1. The first-order valence-corrected chi connectivity index (χ1v) is 8.08. The summed E-state index contributed by atoms with van der Waals surface area (Å²) in [5.74, 6) is -1.16. The summed E-state index contributed by atoms with van der Waals surface area (Å²) in [7, 11) is 0. The van der Waals surface area contributed by atoms with Crippen LogP contribution in [-0.2, 0) is 4.79 Å². The largest absolute Gasteiger partial charge is 0.545 e. The lowest BCUT2D eigenvalue weighted by Crippen LogP contribution is -2.22. The number of hydrogen-bond acceptors (Lipinski definition) is 8. The van der Waals surface area contributed by atoms with E-state index in [0.717, 1.165) is 11.8 Å². The number of nitrogens with one attached hydrogen (secondary N) is 1. The molecule has 0 aliphatic carbocycles. The molecule has 1 amide bonds. The van der Waals surface area contributed by atoms with Crippen LogP contribution in [0.15, 0.2) is 58.4 Å². The number of pyridine rings is 1. The molecule has 0 unspecified atom stereocenters. The Morgan fingerprint density at radius 3 is 2.64 bits per heavy atom. The molecule has 0 bridgehead atoms. The molecule has 126 valence electrons. The Morgan fingerprint density at radius 2 is 1.96 bits per heavy atom. The predicted molar refractivity (Wildman–Crippen MR) is 87.7 cm³/mol. The molecule has 3 aromatic rings. The summed E-state index contributed by atoms with van der Waals surface area (Å²) in [6.07, 6.45) is 3.24. The Kier molecular flexibility index (Phi) is 5.05. The number of anilines is 1. The van der Waals surface area contributed by atoms with Gasteiger partial charge in [0, 0.05) is 18.1 Å². The second-order valence-corrected chi connectivity index (χ2v) is 5.74. The molecular weight excluding hydrogens is 344 g/mol. The van der Waals surface area contributed by atoms with Crippen LogP contribution in [0.1, 0.15) is 10.4 Å². The van der Waals surface area contributed by atoms with Crippen molar-refractivity contribution in [3.63, 3.8) is 0 Å². The van der Waals surface area contributed by atoms with Gasteiger partial charge in [-0.2, -0.15) is 0 Å². The van der Waals surface area contributed by atoms with Crippen LogP contribution >= 0.6 is 11.8 Å². The van der Waals surface area contributed by atoms with Crippen molar-refractivity contribution in [2.24, 2.45) is 0 Å². The number of thioether (sulfide) groups is 1. The van der Waals surface area contributed by atoms with Gasteiger partial charge in [0.05, 0.1) is 17.3 Å². The van der Waals surface area contributed by atoms with E-state index in [0.29, 0.717) is 17.1 Å². The molecule has 1 aromatic carbocycles. The molecule has 0 spiro atoms. The highest BCUT2D eigenvalue weighted by Crippen LogP contribution is 2.22. The van der Waals surface area contributed by atoms with Crippen molar-refractivity contribution >= 4 is 29.3 Å². The van der Waals surface area contributed by atoms with E-state index < -0.39 is 5.97 Å². The van der Waals surface area contributed by atoms with Crippen molar-refractivity contribution in [1.29, 1.82) is 0 Å². The maximum absolute atomic E-state index is 11.9. The Hall–Kier alpha value is -3.20. The molecule has 0 fully saturated rings. The number of rotatable bonds is 6. The topological polar surface area (TPSA) is 121 Å². The quantitative estimate of drug-likeness (QED) is 0.655. The van der Waals surface area contributed by atoms with Crippen LogP contribution in [0.4, 0.5) is 5.69 Å². The monoisotopic (exact) mass is 355 g/mol. The highest BCUT2D eigenvalue weighted by molar-refractivity contribution is 7.99. The van der Waals surface area contributed by atoms with Crippen LogP contribution in [0.2, 0.25) is 0 Å². The van der Waals surface area contributed by atoms with E-state index in [1.165, 1.54) is 24.3 Å². The van der Waals surface area contributed by atoms with E-state index in [1.807, 2.05) is 0 Å². The summed E-state index contributed by atoms with van der Waals surface area (Å²) in [6.45, 7) is 0. The zero-order valence-electron chi connectivity index (χ0n) is 12.7. The molecule has 8 nitrogen and oxygen atoms in total. The molecule has 3 rings (SSSR count). The number of carbonyl (C=O) groups excluding carboxylic acids is 2. The Balaban J connectivity index is 1.54. The van der Waals surface area contributed by atoms with Crippen molar-refractivity contribution in [3.05, 3.63) is 54.4 Å². The first-order valence-electron chi connectivity index (χ1n) is 7.10. The molecule has 0 atom stereocenters. The van der Waals surface area contributed by atoms with Crippen LogP contribution in [0.25, 0.3) is 11.5 Å². The molecule has 0 aliphatic heterocycles. The van der Waals surface area contributed by atoms with Crippen LogP contribution in [0.5, 0.6) is 0 Å². The van der Waals surface area contributed by atoms with Crippen LogP contribution in [0, 0.1) is 0 Å². The second kappa shape index (κ2) is 7.58. The molecular formula is C16H11N4O4S-. The van der Waals surface area contributed by atoms with Crippen molar-refractivity contribution in [2.75, 3.05) is 11.1 Å². The third kappa shape index (κ3) is 4.42. The van der Waals surface area contributed by atoms with Gasteiger partial charge in [0.25, 0.3) is 5.22 Å². The lowest BCUT2D eigenvalue weighted by Gasteiger charge is -2.06. The van der Waals surface area contributed by atoms with Gasteiger partial charge in [-0.3, -0.25) is 9.78 Å². The van der Waals surface area contributed by atoms with Gasteiger partial charge >= 0.3 is 0 Å². The van der Waals surface area contributed by atoms with Gasteiger partial charge in [0.1, 0.15) is 0 Å². The zero-order chi connectivity index (χ0) is 17.6. The van der Waals surface area contributed by atoms with Gasteiger partial charge in [-0.15, -0.1) is 10.2 Å². The molecule has 0 aliphatic rings. The molecule has 25 heavy (non-hydrogen) atoms. The van der Waals surface area contributed by atoms with Gasteiger partial charge in [-0.05, 0) is 29.8 Å². The Bertz CT molecular complexity index is 881. The second-order valence-electron chi connectivity index (χ2n) is 4.82. The first-order chi connectivity index (χ1) is 12.1. The van der Waals surface area contributed by atoms with Crippen molar-refractivity contribution < 1.29 is 19.1 Å². The number of aromatic carboxylic acids is 1. The minimum Gasteiger partial charge on any atom is -0.545 e. The third-order valence-corrected chi connectivity index (χ3v) is 3.86. The van der Waals surface area contributed by atoms with Crippen LogP contribution < -0.4 is 10.4 Å². The fourth-order valence-electron chi connectivity index (χ4n) is 1.89. The van der Waals surface area contributed by atoms with Crippen molar-refractivity contribution in [3.8, 4) is 11.5 Å².